The van der Waals surface area contributed by atoms with Crippen LogP contribution in [0.1, 0.15) is 33.3 Å². The second kappa shape index (κ2) is 11.4. The predicted octanol–water partition coefficient (Wildman–Crippen LogP) is 2.70. The van der Waals surface area contributed by atoms with Gasteiger partial charge in [0.25, 0.3) is 0 Å². The molecule has 1 aromatic heterocycles. The molecule has 0 bridgehead atoms. The lowest BCUT2D eigenvalue weighted by Gasteiger charge is -2.23. The number of nitrogens with zero attached hydrogens (tertiary/aromatic N) is 4. The van der Waals surface area contributed by atoms with Crippen molar-refractivity contribution in [2.45, 2.75) is 40.2 Å². The molecule has 2 aromatic rings. The predicted molar refractivity (Wildman–Crippen MR) is 114 cm³/mol. The summed E-state index contributed by atoms with van der Waals surface area (Å²) in [7, 11) is 0. The van der Waals surface area contributed by atoms with Crippen LogP contribution in [0.25, 0.3) is 5.69 Å². The number of nitrogens with one attached hydrogen (secondary N) is 2. The molecule has 1 heterocycles. The fourth-order valence-corrected chi connectivity index (χ4v) is 2.98. The van der Waals surface area contributed by atoms with Gasteiger partial charge in [0.15, 0.2) is 5.96 Å². The maximum absolute atomic E-state index is 4.70. The van der Waals surface area contributed by atoms with E-state index in [0.717, 1.165) is 50.8 Å². The number of hydrogen-bond acceptors (Lipinski definition) is 3. The molecule has 6 nitrogen and oxygen atoms in total. The van der Waals surface area contributed by atoms with E-state index < -0.39 is 0 Å². The van der Waals surface area contributed by atoms with Gasteiger partial charge in [-0.25, -0.2) is 4.68 Å². The summed E-state index contributed by atoms with van der Waals surface area (Å²) in [5.74, 6) is 0.894. The highest BCUT2D eigenvalue weighted by molar-refractivity contribution is 5.79. The summed E-state index contributed by atoms with van der Waals surface area (Å²) >= 11 is 0. The number of guanidine groups is 1. The van der Waals surface area contributed by atoms with E-state index in [9.17, 15) is 0 Å². The zero-order chi connectivity index (χ0) is 19.5. The molecule has 0 fully saturated rings. The van der Waals surface area contributed by atoms with E-state index in [4.69, 9.17) is 4.99 Å². The Kier molecular flexibility index (Phi) is 8.84. The summed E-state index contributed by atoms with van der Waals surface area (Å²) < 4.78 is 1.87. The van der Waals surface area contributed by atoms with Crippen molar-refractivity contribution in [1.29, 1.82) is 0 Å². The topological polar surface area (TPSA) is 57.5 Å². The van der Waals surface area contributed by atoms with E-state index in [2.05, 4.69) is 72.6 Å². The summed E-state index contributed by atoms with van der Waals surface area (Å²) in [4.78, 5) is 7.13. The maximum Gasteiger partial charge on any atom is 0.191 e. The normalized spacial score (nSPS) is 12.0. The van der Waals surface area contributed by atoms with Gasteiger partial charge >= 0.3 is 0 Å². The van der Waals surface area contributed by atoms with Gasteiger partial charge in [0.1, 0.15) is 0 Å². The highest BCUT2D eigenvalue weighted by Gasteiger charge is 2.06. The van der Waals surface area contributed by atoms with Gasteiger partial charge in [-0.05, 0) is 57.5 Å². The smallest absolute Gasteiger partial charge is 0.191 e. The van der Waals surface area contributed by atoms with Crippen LogP contribution in [0.3, 0.4) is 0 Å². The first-order chi connectivity index (χ1) is 13.1. The van der Waals surface area contributed by atoms with Gasteiger partial charge in [-0.2, -0.15) is 5.10 Å². The molecule has 0 aliphatic heterocycles. The minimum Gasteiger partial charge on any atom is -0.357 e. The van der Waals surface area contributed by atoms with Crippen LogP contribution in [-0.4, -0.2) is 59.4 Å². The summed E-state index contributed by atoms with van der Waals surface area (Å²) in [5.41, 5.74) is 2.38. The maximum atomic E-state index is 4.70. The minimum absolute atomic E-state index is 0.561. The zero-order valence-electron chi connectivity index (χ0n) is 17.2. The average Bonchev–Trinajstić information content (AvgIpc) is 3.20. The van der Waals surface area contributed by atoms with Crippen molar-refractivity contribution >= 4 is 5.96 Å². The third-order valence-electron chi connectivity index (χ3n) is 4.55. The van der Waals surface area contributed by atoms with E-state index >= 15 is 0 Å². The molecule has 0 spiro atoms. The Balaban J connectivity index is 1.80. The molecule has 0 unspecified atom stereocenters. The summed E-state index contributed by atoms with van der Waals surface area (Å²) in [6.45, 7) is 13.3. The largest absolute Gasteiger partial charge is 0.357 e. The van der Waals surface area contributed by atoms with Gasteiger partial charge in [-0.1, -0.05) is 19.1 Å². The van der Waals surface area contributed by atoms with Gasteiger partial charge in [-0.3, -0.25) is 9.89 Å². The Labute approximate surface area is 163 Å². The second-order valence-electron chi connectivity index (χ2n) is 6.78. The van der Waals surface area contributed by atoms with Crippen molar-refractivity contribution in [3.63, 3.8) is 0 Å². The number of aromatic nitrogens is 2. The van der Waals surface area contributed by atoms with E-state index in [1.54, 1.807) is 6.20 Å². The Bertz CT molecular complexity index is 660. The van der Waals surface area contributed by atoms with E-state index in [-0.39, 0.29) is 0 Å². The molecule has 0 radical (unpaired) electrons. The van der Waals surface area contributed by atoms with Crippen molar-refractivity contribution in [2.75, 3.05) is 32.7 Å². The quantitative estimate of drug-likeness (QED) is 0.499. The van der Waals surface area contributed by atoms with Crippen LogP contribution in [-0.2, 0) is 6.42 Å². The molecule has 2 N–H and O–H groups in total. The summed E-state index contributed by atoms with van der Waals surface area (Å²) in [5, 5.41) is 11.0. The molecular weight excluding hydrogens is 336 g/mol. The molecular formula is C21H34N6. The van der Waals surface area contributed by atoms with Crippen LogP contribution < -0.4 is 10.6 Å². The molecule has 148 valence electrons. The van der Waals surface area contributed by atoms with Crippen LogP contribution in [0.5, 0.6) is 0 Å². The van der Waals surface area contributed by atoms with Crippen LogP contribution in [0.2, 0.25) is 0 Å². The van der Waals surface area contributed by atoms with Crippen molar-refractivity contribution in [1.82, 2.24) is 25.3 Å². The second-order valence-corrected chi connectivity index (χ2v) is 6.78. The van der Waals surface area contributed by atoms with Crippen LogP contribution in [0.4, 0.5) is 0 Å². The fourth-order valence-electron chi connectivity index (χ4n) is 2.98. The van der Waals surface area contributed by atoms with Gasteiger partial charge in [-0.15, -0.1) is 0 Å². The number of hydrogen-bond donors (Lipinski definition) is 2. The fraction of sp³-hybridized carbons (Fsp3) is 0.524. The van der Waals surface area contributed by atoms with Crippen molar-refractivity contribution in [3.05, 3.63) is 48.3 Å². The van der Waals surface area contributed by atoms with Crippen molar-refractivity contribution in [3.8, 4) is 5.69 Å². The first-order valence-corrected chi connectivity index (χ1v) is 9.99. The van der Waals surface area contributed by atoms with Crippen LogP contribution in [0, 0.1) is 0 Å². The molecule has 2 rings (SSSR count). The number of likely N-dealkylation sites (N-methyl/N-ethyl adjacent to an activating group) is 1. The SMILES string of the molecule is CCNC(=NCCN(CC)C(C)C)NCCc1ccc(-n2cccn2)cc1. The highest BCUT2D eigenvalue weighted by Crippen LogP contribution is 2.08. The summed E-state index contributed by atoms with van der Waals surface area (Å²) in [6.07, 6.45) is 4.70. The van der Waals surface area contributed by atoms with Crippen molar-refractivity contribution in [2.24, 2.45) is 4.99 Å². The molecule has 0 saturated heterocycles. The van der Waals surface area contributed by atoms with Gasteiger partial charge in [0.05, 0.1) is 12.2 Å². The van der Waals surface area contributed by atoms with Gasteiger partial charge in [0.2, 0.25) is 0 Å². The Hall–Kier alpha value is -2.34. The molecule has 6 heteroatoms. The molecule has 0 atom stereocenters. The lowest BCUT2D eigenvalue weighted by Crippen LogP contribution is -2.39. The molecule has 0 aliphatic rings. The Morgan fingerprint density at radius 2 is 1.96 bits per heavy atom. The first-order valence-electron chi connectivity index (χ1n) is 9.99. The molecule has 0 amide bonds. The highest BCUT2D eigenvalue weighted by atomic mass is 15.3. The molecule has 0 saturated carbocycles. The monoisotopic (exact) mass is 370 g/mol. The Morgan fingerprint density at radius 1 is 1.19 bits per heavy atom. The van der Waals surface area contributed by atoms with Crippen LogP contribution in [0.15, 0.2) is 47.7 Å². The molecule has 27 heavy (non-hydrogen) atoms. The summed E-state index contributed by atoms with van der Waals surface area (Å²) in [6, 6.07) is 11.0. The standard InChI is InChI=1S/C21H34N6/c1-5-22-21(24-15-17-26(6-2)18(3)4)23-14-12-19-8-10-20(11-9-19)27-16-7-13-25-27/h7-11,13,16,18H,5-6,12,14-15,17H2,1-4H3,(H2,22,23,24). The zero-order valence-corrected chi connectivity index (χ0v) is 17.2. The number of benzene rings is 1. The van der Waals surface area contributed by atoms with Gasteiger partial charge < -0.3 is 10.6 Å². The van der Waals surface area contributed by atoms with E-state index in [1.165, 1.54) is 5.56 Å². The van der Waals surface area contributed by atoms with Crippen molar-refractivity contribution < 1.29 is 0 Å². The van der Waals surface area contributed by atoms with E-state index in [1.807, 2.05) is 16.9 Å². The third kappa shape index (κ3) is 7.06. The van der Waals surface area contributed by atoms with Gasteiger partial charge in [0, 0.05) is 38.1 Å². The molecule has 0 aliphatic carbocycles. The number of aliphatic imine (C=N–C) groups is 1. The Morgan fingerprint density at radius 3 is 2.56 bits per heavy atom. The lowest BCUT2D eigenvalue weighted by molar-refractivity contribution is 0.240. The molecule has 1 aromatic carbocycles. The van der Waals surface area contributed by atoms with E-state index in [0.29, 0.717) is 6.04 Å². The average molecular weight is 371 g/mol. The number of rotatable bonds is 10. The lowest BCUT2D eigenvalue weighted by atomic mass is 10.1. The minimum atomic E-state index is 0.561. The third-order valence-corrected chi connectivity index (χ3v) is 4.55. The van der Waals surface area contributed by atoms with Crippen LogP contribution >= 0.6 is 0 Å². The first kappa shape index (κ1) is 21.0.